The number of carbonyl (C=O) groups is 2. The van der Waals surface area contributed by atoms with Gasteiger partial charge in [0, 0.05) is 6.07 Å². The van der Waals surface area contributed by atoms with E-state index >= 15 is 0 Å². The van der Waals surface area contributed by atoms with E-state index in [9.17, 15) is 9.59 Å². The van der Waals surface area contributed by atoms with Crippen LogP contribution in [0.15, 0.2) is 42.2 Å². The van der Waals surface area contributed by atoms with Crippen molar-refractivity contribution < 1.29 is 28.9 Å². The van der Waals surface area contributed by atoms with Crippen molar-refractivity contribution in [1.29, 1.82) is 0 Å². The molecule has 1 aliphatic rings. The van der Waals surface area contributed by atoms with E-state index < -0.39 is 12.6 Å². The first kappa shape index (κ1) is 17.8. The average Bonchev–Trinajstić information content (AvgIpc) is 2.90. The monoisotopic (exact) mass is 374 g/mol. The van der Waals surface area contributed by atoms with Gasteiger partial charge in [-0.1, -0.05) is 17.7 Å². The van der Waals surface area contributed by atoms with E-state index in [1.165, 1.54) is 6.07 Å². The molecule has 6 nitrogen and oxygen atoms in total. The van der Waals surface area contributed by atoms with Gasteiger partial charge in [0.05, 0.1) is 17.2 Å². The van der Waals surface area contributed by atoms with Crippen LogP contribution in [0.5, 0.6) is 17.2 Å². The minimum absolute atomic E-state index is 0.170. The number of carbonyl (C=O) groups excluding carboxylic acids is 1. The highest BCUT2D eigenvalue weighted by molar-refractivity contribution is 6.32. The second-order valence-corrected chi connectivity index (χ2v) is 5.81. The molecular formula is C19H15ClO6. The fourth-order valence-electron chi connectivity index (χ4n) is 2.44. The fraction of sp³-hybridized carbons (Fsp3) is 0.158. The minimum Gasteiger partial charge on any atom is -0.494 e. The summed E-state index contributed by atoms with van der Waals surface area (Å²) < 4.78 is 16.1. The van der Waals surface area contributed by atoms with Crippen molar-refractivity contribution in [1.82, 2.24) is 0 Å². The highest BCUT2D eigenvalue weighted by Crippen LogP contribution is 2.35. The summed E-state index contributed by atoms with van der Waals surface area (Å²) in [5, 5.41) is 8.88. The van der Waals surface area contributed by atoms with Crippen LogP contribution in [0.2, 0.25) is 5.02 Å². The molecule has 134 valence electrons. The van der Waals surface area contributed by atoms with E-state index in [0.717, 1.165) is 0 Å². The number of benzene rings is 2. The lowest BCUT2D eigenvalue weighted by atomic mass is 10.1. The summed E-state index contributed by atoms with van der Waals surface area (Å²) in [6, 6.07) is 9.82. The number of Topliss-reactive ketones (excluding diaryl/α,β-unsaturated/α-hetero) is 1. The quantitative estimate of drug-likeness (QED) is 0.774. The molecule has 0 atom stereocenters. The summed E-state index contributed by atoms with van der Waals surface area (Å²) in [4.78, 5) is 23.0. The lowest BCUT2D eigenvalue weighted by molar-refractivity contribution is -0.139. The maximum absolute atomic E-state index is 12.4. The van der Waals surface area contributed by atoms with Crippen molar-refractivity contribution in [3.63, 3.8) is 0 Å². The zero-order valence-corrected chi connectivity index (χ0v) is 14.6. The lowest BCUT2D eigenvalue weighted by Gasteiger charge is -2.06. The van der Waals surface area contributed by atoms with Crippen LogP contribution in [0.25, 0.3) is 6.08 Å². The number of hydrogen-bond donors (Lipinski definition) is 1. The summed E-state index contributed by atoms with van der Waals surface area (Å²) in [6.45, 7) is 1.90. The molecule has 0 unspecified atom stereocenters. The molecule has 0 amide bonds. The van der Waals surface area contributed by atoms with E-state index in [1.807, 2.05) is 6.92 Å². The van der Waals surface area contributed by atoms with Gasteiger partial charge < -0.3 is 19.3 Å². The molecule has 0 saturated carbocycles. The number of hydrogen-bond acceptors (Lipinski definition) is 5. The smallest absolute Gasteiger partial charge is 0.341 e. The Morgan fingerprint density at radius 2 is 2.04 bits per heavy atom. The molecule has 0 spiro atoms. The number of ether oxygens (including phenoxy) is 3. The van der Waals surface area contributed by atoms with Crippen LogP contribution in [-0.4, -0.2) is 30.1 Å². The van der Waals surface area contributed by atoms with Gasteiger partial charge in [0.15, 0.2) is 12.4 Å². The van der Waals surface area contributed by atoms with Crippen molar-refractivity contribution in [2.45, 2.75) is 6.92 Å². The van der Waals surface area contributed by atoms with Gasteiger partial charge in [-0.3, -0.25) is 4.79 Å². The van der Waals surface area contributed by atoms with E-state index in [0.29, 0.717) is 29.2 Å². The van der Waals surface area contributed by atoms with Crippen LogP contribution >= 0.6 is 11.6 Å². The maximum Gasteiger partial charge on any atom is 0.341 e. The maximum atomic E-state index is 12.4. The Hall–Kier alpha value is -2.99. The Bertz CT molecular complexity index is 903. The van der Waals surface area contributed by atoms with Crippen molar-refractivity contribution in [3.8, 4) is 17.2 Å². The fourth-order valence-corrected chi connectivity index (χ4v) is 2.68. The molecule has 1 heterocycles. The molecule has 2 aromatic carbocycles. The number of carboxylic acids is 1. The van der Waals surface area contributed by atoms with Crippen molar-refractivity contribution >= 4 is 29.4 Å². The Balaban J connectivity index is 1.81. The van der Waals surface area contributed by atoms with Gasteiger partial charge in [0.1, 0.15) is 17.2 Å². The van der Waals surface area contributed by atoms with Crippen LogP contribution in [0.3, 0.4) is 0 Å². The van der Waals surface area contributed by atoms with Crippen LogP contribution in [0, 0.1) is 0 Å². The predicted octanol–water partition coefficient (Wildman–Crippen LogP) is 3.82. The first-order valence-corrected chi connectivity index (χ1v) is 8.21. The summed E-state index contributed by atoms with van der Waals surface area (Å²) in [5.41, 5.74) is 1.09. The van der Waals surface area contributed by atoms with E-state index in [2.05, 4.69) is 0 Å². The van der Waals surface area contributed by atoms with Crippen molar-refractivity contribution in [3.05, 3.63) is 58.3 Å². The molecule has 0 bridgehead atoms. The topological polar surface area (TPSA) is 82.1 Å². The molecule has 1 aliphatic heterocycles. The summed E-state index contributed by atoms with van der Waals surface area (Å²) in [7, 11) is 0. The number of allylic oxidation sites excluding steroid dienone is 1. The Labute approximate surface area is 154 Å². The normalized spacial score (nSPS) is 14.1. The highest BCUT2D eigenvalue weighted by atomic mass is 35.5. The Kier molecular flexibility index (Phi) is 5.14. The molecule has 7 heteroatoms. The molecule has 26 heavy (non-hydrogen) atoms. The largest absolute Gasteiger partial charge is 0.494 e. The SMILES string of the molecule is CCOc1ccc2c(c1)OC(=Cc1ccc(OCC(=O)O)c(Cl)c1)C2=O. The molecule has 0 aliphatic carbocycles. The van der Waals surface area contributed by atoms with Crippen LogP contribution in [0.1, 0.15) is 22.8 Å². The summed E-state index contributed by atoms with van der Waals surface area (Å²) in [5.74, 6) is 0.165. The molecule has 0 fully saturated rings. The minimum atomic E-state index is -1.10. The number of carboxylic acid groups (broad SMARTS) is 1. The summed E-state index contributed by atoms with van der Waals surface area (Å²) >= 11 is 6.09. The van der Waals surface area contributed by atoms with Gasteiger partial charge in [-0.25, -0.2) is 4.79 Å². The van der Waals surface area contributed by atoms with E-state index in [-0.39, 0.29) is 22.3 Å². The number of halogens is 1. The van der Waals surface area contributed by atoms with Gasteiger partial charge in [-0.15, -0.1) is 0 Å². The van der Waals surface area contributed by atoms with Gasteiger partial charge in [0.2, 0.25) is 5.78 Å². The van der Waals surface area contributed by atoms with Gasteiger partial charge in [-0.05, 0) is 42.8 Å². The van der Waals surface area contributed by atoms with Crippen LogP contribution in [0.4, 0.5) is 0 Å². The molecule has 0 aromatic heterocycles. The van der Waals surface area contributed by atoms with Gasteiger partial charge in [-0.2, -0.15) is 0 Å². The standard InChI is InChI=1S/C19H15ClO6/c1-2-24-12-4-5-13-16(9-12)26-17(19(13)23)8-11-3-6-15(14(20)7-11)25-10-18(21)22/h3-9H,2,10H2,1H3,(H,21,22). The Morgan fingerprint density at radius 1 is 1.23 bits per heavy atom. The van der Waals surface area contributed by atoms with E-state index in [4.69, 9.17) is 30.9 Å². The lowest BCUT2D eigenvalue weighted by Crippen LogP contribution is -2.09. The molecule has 3 rings (SSSR count). The zero-order valence-electron chi connectivity index (χ0n) is 13.8. The van der Waals surface area contributed by atoms with Gasteiger partial charge >= 0.3 is 5.97 Å². The zero-order chi connectivity index (χ0) is 18.7. The third-order valence-corrected chi connectivity index (χ3v) is 3.85. The first-order chi connectivity index (χ1) is 12.5. The predicted molar refractivity (Wildman–Crippen MR) is 95.1 cm³/mol. The third-order valence-electron chi connectivity index (χ3n) is 3.56. The number of rotatable bonds is 6. The number of fused-ring (bicyclic) bond motifs is 1. The van der Waals surface area contributed by atoms with Crippen LogP contribution < -0.4 is 14.2 Å². The molecular weight excluding hydrogens is 360 g/mol. The summed E-state index contributed by atoms with van der Waals surface area (Å²) in [6.07, 6.45) is 1.57. The Morgan fingerprint density at radius 3 is 2.73 bits per heavy atom. The first-order valence-electron chi connectivity index (χ1n) is 7.83. The van der Waals surface area contributed by atoms with E-state index in [1.54, 1.807) is 36.4 Å². The number of ketones is 1. The average molecular weight is 375 g/mol. The second kappa shape index (κ2) is 7.49. The highest BCUT2D eigenvalue weighted by Gasteiger charge is 2.27. The van der Waals surface area contributed by atoms with Gasteiger partial charge in [0.25, 0.3) is 0 Å². The van der Waals surface area contributed by atoms with Crippen LogP contribution in [-0.2, 0) is 4.79 Å². The molecule has 2 aromatic rings. The molecule has 0 saturated heterocycles. The third kappa shape index (κ3) is 3.81. The van der Waals surface area contributed by atoms with Crippen molar-refractivity contribution in [2.24, 2.45) is 0 Å². The van der Waals surface area contributed by atoms with Crippen molar-refractivity contribution in [2.75, 3.05) is 13.2 Å². The number of aliphatic carboxylic acids is 1. The second-order valence-electron chi connectivity index (χ2n) is 5.40. The molecule has 1 N–H and O–H groups in total. The molecule has 0 radical (unpaired) electrons.